The van der Waals surface area contributed by atoms with Crippen molar-refractivity contribution in [3.8, 4) is 0 Å². The second kappa shape index (κ2) is 12.6. The first-order chi connectivity index (χ1) is 19.3. The molecule has 4 rings (SSSR count). The van der Waals surface area contributed by atoms with Crippen LogP contribution in [0.3, 0.4) is 0 Å². The van der Waals surface area contributed by atoms with Gasteiger partial charge in [-0.05, 0) is 61.7 Å². The van der Waals surface area contributed by atoms with Gasteiger partial charge in [0.15, 0.2) is 0 Å². The number of amides is 2. The Bertz CT molecular complexity index is 1270. The molecule has 41 heavy (non-hydrogen) atoms. The van der Waals surface area contributed by atoms with Gasteiger partial charge in [-0.25, -0.2) is 4.39 Å². The van der Waals surface area contributed by atoms with Gasteiger partial charge >= 0.3 is 6.18 Å². The molecule has 0 spiro atoms. The number of anilines is 1. The van der Waals surface area contributed by atoms with Crippen molar-refractivity contribution < 1.29 is 27.2 Å². The molecule has 2 aromatic rings. The number of rotatable bonds is 7. The molecule has 0 aromatic heterocycles. The Kier molecular flexibility index (Phi) is 9.53. The summed E-state index contributed by atoms with van der Waals surface area (Å²) in [4.78, 5) is 31.9. The Morgan fingerprint density at radius 2 is 1.78 bits per heavy atom. The van der Waals surface area contributed by atoms with Gasteiger partial charge in [-0.15, -0.1) is 0 Å². The zero-order valence-electron chi connectivity index (χ0n) is 23.6. The van der Waals surface area contributed by atoms with Crippen LogP contribution >= 0.6 is 11.6 Å². The third-order valence-electron chi connectivity index (χ3n) is 8.58. The molecule has 0 aliphatic carbocycles. The number of alkyl halides is 3. The molecular weight excluding hydrogens is 560 g/mol. The van der Waals surface area contributed by atoms with Crippen molar-refractivity contribution in [3.05, 3.63) is 63.9 Å². The summed E-state index contributed by atoms with van der Waals surface area (Å²) < 4.78 is 53.4. The lowest BCUT2D eigenvalue weighted by Crippen LogP contribution is -2.45. The zero-order valence-corrected chi connectivity index (χ0v) is 24.3. The predicted molar refractivity (Wildman–Crippen MR) is 151 cm³/mol. The molecule has 2 heterocycles. The van der Waals surface area contributed by atoms with E-state index in [1.165, 1.54) is 6.07 Å². The lowest BCUT2D eigenvalue weighted by Gasteiger charge is -2.34. The average Bonchev–Trinajstić information content (AvgIpc) is 3.38. The second-order valence-corrected chi connectivity index (χ2v) is 11.7. The number of carbonyl (C=O) groups is 2. The summed E-state index contributed by atoms with van der Waals surface area (Å²) in [7, 11) is 1.82. The molecule has 2 N–H and O–H groups in total. The van der Waals surface area contributed by atoms with E-state index in [0.717, 1.165) is 24.1 Å². The lowest BCUT2D eigenvalue weighted by molar-refractivity contribution is -0.142. The van der Waals surface area contributed by atoms with E-state index in [1.807, 2.05) is 41.7 Å². The number of carbonyl (C=O) groups excluding carboxylic acids is 2. The standard InChI is InChI=1S/C30H37ClF4N4O2/c1-4-18(2)28(40)38-11-9-20(10-12-38)29(41)39-16-22(21-6-8-26(36)24(31)14-21)27(17-39)37(3)15-19-5-7-23(25(32)13-19)30(33,34)35/h5-8,13-14,18,20,22,27H,4,9-12,15-17,36H2,1-3H3/t18?,22-,27?/m1/s1. The van der Waals surface area contributed by atoms with Crippen molar-refractivity contribution in [2.24, 2.45) is 11.8 Å². The molecular formula is C30H37ClF4N4O2. The first-order valence-corrected chi connectivity index (χ1v) is 14.4. The van der Waals surface area contributed by atoms with Crippen LogP contribution in [0.4, 0.5) is 23.2 Å². The smallest absolute Gasteiger partial charge is 0.398 e. The quantitative estimate of drug-likeness (QED) is 0.324. The molecule has 11 heteroatoms. The van der Waals surface area contributed by atoms with Crippen LogP contribution in [0.5, 0.6) is 0 Å². The number of hydrogen-bond acceptors (Lipinski definition) is 4. The monoisotopic (exact) mass is 596 g/mol. The topological polar surface area (TPSA) is 69.9 Å². The molecule has 2 fully saturated rings. The third kappa shape index (κ3) is 6.97. The van der Waals surface area contributed by atoms with Crippen LogP contribution in [0.1, 0.15) is 55.7 Å². The summed E-state index contributed by atoms with van der Waals surface area (Å²) in [5, 5.41) is 0.400. The Labute approximate surface area is 243 Å². The zero-order chi connectivity index (χ0) is 30.1. The minimum Gasteiger partial charge on any atom is -0.398 e. The van der Waals surface area contributed by atoms with Crippen molar-refractivity contribution in [1.82, 2.24) is 14.7 Å². The number of nitrogen functional groups attached to an aromatic ring is 1. The van der Waals surface area contributed by atoms with E-state index < -0.39 is 17.6 Å². The highest BCUT2D eigenvalue weighted by atomic mass is 35.5. The Morgan fingerprint density at radius 1 is 1.10 bits per heavy atom. The van der Waals surface area contributed by atoms with Crippen LogP contribution < -0.4 is 5.73 Å². The molecule has 0 saturated carbocycles. The number of hydrogen-bond donors (Lipinski definition) is 1. The Balaban J connectivity index is 1.51. The first-order valence-electron chi connectivity index (χ1n) is 14.0. The van der Waals surface area contributed by atoms with E-state index in [-0.39, 0.29) is 42.2 Å². The van der Waals surface area contributed by atoms with E-state index >= 15 is 0 Å². The van der Waals surface area contributed by atoms with Crippen molar-refractivity contribution >= 4 is 29.1 Å². The minimum absolute atomic E-state index is 0.0312. The maximum absolute atomic E-state index is 14.3. The Morgan fingerprint density at radius 3 is 2.37 bits per heavy atom. The third-order valence-corrected chi connectivity index (χ3v) is 8.91. The molecule has 0 radical (unpaired) electrons. The van der Waals surface area contributed by atoms with Crippen molar-refractivity contribution in [1.29, 1.82) is 0 Å². The van der Waals surface area contributed by atoms with E-state index in [9.17, 15) is 27.2 Å². The van der Waals surface area contributed by atoms with Gasteiger partial charge in [0.05, 0.1) is 16.3 Å². The van der Waals surface area contributed by atoms with E-state index in [4.69, 9.17) is 17.3 Å². The molecule has 2 amide bonds. The number of nitrogens with zero attached hydrogens (tertiary/aromatic N) is 3. The number of piperidine rings is 1. The number of nitrogens with two attached hydrogens (primary N) is 1. The first kappa shape index (κ1) is 31.1. The van der Waals surface area contributed by atoms with E-state index in [2.05, 4.69) is 0 Å². The molecule has 3 atom stereocenters. The fourth-order valence-corrected chi connectivity index (χ4v) is 6.09. The summed E-state index contributed by atoms with van der Waals surface area (Å²) in [6.07, 6.45) is -2.80. The maximum Gasteiger partial charge on any atom is 0.419 e. The fraction of sp³-hybridized carbons (Fsp3) is 0.533. The van der Waals surface area contributed by atoms with Crippen molar-refractivity contribution in [3.63, 3.8) is 0 Å². The second-order valence-electron chi connectivity index (χ2n) is 11.3. The van der Waals surface area contributed by atoms with Crippen LogP contribution in [-0.2, 0) is 22.3 Å². The van der Waals surface area contributed by atoms with Gasteiger partial charge < -0.3 is 15.5 Å². The molecule has 2 aliphatic rings. The van der Waals surface area contributed by atoms with Crippen LogP contribution in [0.2, 0.25) is 5.02 Å². The highest BCUT2D eigenvalue weighted by Gasteiger charge is 2.41. The normalized spacial score (nSPS) is 21.0. The SMILES string of the molecule is CCC(C)C(=O)N1CCC(C(=O)N2CC(N(C)Cc3ccc(C(F)(F)F)c(F)c3)[C@@H](c3ccc(N)c(Cl)c3)C2)CC1. The van der Waals surface area contributed by atoms with E-state index in [1.54, 1.807) is 12.1 Å². The summed E-state index contributed by atoms with van der Waals surface area (Å²) >= 11 is 6.33. The largest absolute Gasteiger partial charge is 0.419 e. The van der Waals surface area contributed by atoms with Gasteiger partial charge in [0, 0.05) is 56.5 Å². The molecule has 2 aliphatic heterocycles. The molecule has 2 saturated heterocycles. The highest BCUT2D eigenvalue weighted by Crippen LogP contribution is 2.36. The summed E-state index contributed by atoms with van der Waals surface area (Å²) in [6, 6.07) is 8.14. The lowest BCUT2D eigenvalue weighted by atomic mass is 9.92. The van der Waals surface area contributed by atoms with Gasteiger partial charge in [0.2, 0.25) is 11.8 Å². The van der Waals surface area contributed by atoms with Gasteiger partial charge in [-0.3, -0.25) is 14.5 Å². The molecule has 2 unspecified atom stereocenters. The molecule has 224 valence electrons. The fourth-order valence-electron chi connectivity index (χ4n) is 5.90. The summed E-state index contributed by atoms with van der Waals surface area (Å²) in [6.45, 7) is 6.03. The molecule has 6 nitrogen and oxygen atoms in total. The summed E-state index contributed by atoms with van der Waals surface area (Å²) in [5.74, 6) is -1.53. The van der Waals surface area contributed by atoms with Crippen molar-refractivity contribution in [2.75, 3.05) is 39.0 Å². The van der Waals surface area contributed by atoms with Gasteiger partial charge in [-0.1, -0.05) is 37.6 Å². The number of benzene rings is 2. The highest BCUT2D eigenvalue weighted by molar-refractivity contribution is 6.33. The summed E-state index contributed by atoms with van der Waals surface area (Å²) in [5.41, 5.74) is 6.35. The van der Waals surface area contributed by atoms with Crippen LogP contribution in [-0.4, -0.2) is 65.8 Å². The predicted octanol–water partition coefficient (Wildman–Crippen LogP) is 5.79. The number of halogens is 5. The maximum atomic E-state index is 14.3. The van der Waals surface area contributed by atoms with Crippen LogP contribution in [0.25, 0.3) is 0 Å². The van der Waals surface area contributed by atoms with Crippen LogP contribution in [0.15, 0.2) is 36.4 Å². The Hall–Kier alpha value is -2.85. The number of likely N-dealkylation sites (N-methyl/N-ethyl adjacent to an activating group) is 1. The van der Waals surface area contributed by atoms with Crippen LogP contribution in [0, 0.1) is 17.7 Å². The van der Waals surface area contributed by atoms with E-state index in [0.29, 0.717) is 55.3 Å². The van der Waals surface area contributed by atoms with Gasteiger partial charge in [0.25, 0.3) is 0 Å². The molecule has 0 bridgehead atoms. The van der Waals surface area contributed by atoms with Crippen molar-refractivity contribution in [2.45, 2.75) is 57.8 Å². The van der Waals surface area contributed by atoms with Gasteiger partial charge in [-0.2, -0.15) is 13.2 Å². The molecule has 2 aromatic carbocycles. The van der Waals surface area contributed by atoms with Gasteiger partial charge in [0.1, 0.15) is 5.82 Å². The minimum atomic E-state index is -4.77. The average molecular weight is 597 g/mol. The number of likely N-dealkylation sites (tertiary alicyclic amines) is 2.